The summed E-state index contributed by atoms with van der Waals surface area (Å²) in [5, 5.41) is 1.22. The van der Waals surface area contributed by atoms with E-state index >= 15 is 0 Å². The highest BCUT2D eigenvalue weighted by Crippen LogP contribution is 2.35. The monoisotopic (exact) mass is 572 g/mol. The quantitative estimate of drug-likeness (QED) is 0.252. The van der Waals surface area contributed by atoms with E-state index in [1.54, 1.807) is 6.33 Å². The molecule has 4 aromatic rings. The molecule has 0 bridgehead atoms. The Morgan fingerprint density at radius 3 is 2.45 bits per heavy atom. The van der Waals surface area contributed by atoms with Gasteiger partial charge in [-0.05, 0) is 55.7 Å². The Hall–Kier alpha value is -2.72. The third kappa shape index (κ3) is 5.81. The fraction of sp³-hybridized carbons (Fsp3) is 0.370. The molecule has 8 nitrogen and oxygen atoms in total. The van der Waals surface area contributed by atoms with E-state index in [2.05, 4.69) is 26.5 Å². The van der Waals surface area contributed by atoms with Crippen LogP contribution in [-0.2, 0) is 10.0 Å². The number of hydrogen-bond acceptors (Lipinski definition) is 6. The molecule has 2 aromatic heterocycles. The molecule has 0 spiro atoms. The van der Waals surface area contributed by atoms with Crippen molar-refractivity contribution in [2.75, 3.05) is 23.7 Å². The largest absolute Gasteiger partial charge is 0.355 e. The number of anilines is 1. The van der Waals surface area contributed by atoms with Gasteiger partial charge in [-0.25, -0.2) is 28.1 Å². The van der Waals surface area contributed by atoms with Crippen LogP contribution >= 0.6 is 23.2 Å². The fourth-order valence-corrected chi connectivity index (χ4v) is 6.63. The predicted octanol–water partition coefficient (Wildman–Crippen LogP) is 5.87. The number of unbranched alkanes of at least 4 members (excludes halogenated alkanes) is 2. The van der Waals surface area contributed by atoms with Crippen molar-refractivity contribution in [2.45, 2.75) is 45.1 Å². The van der Waals surface area contributed by atoms with E-state index in [1.165, 1.54) is 0 Å². The van der Waals surface area contributed by atoms with Gasteiger partial charge in [0.2, 0.25) is 10.0 Å². The van der Waals surface area contributed by atoms with Crippen LogP contribution < -0.4 is 9.62 Å². The zero-order valence-corrected chi connectivity index (χ0v) is 23.5. The van der Waals surface area contributed by atoms with Crippen molar-refractivity contribution in [3.63, 3.8) is 0 Å². The Bertz CT molecular complexity index is 1520. The van der Waals surface area contributed by atoms with Crippen LogP contribution in [-0.4, -0.2) is 52.8 Å². The summed E-state index contributed by atoms with van der Waals surface area (Å²) in [5.41, 5.74) is 2.96. The first-order valence-electron chi connectivity index (χ1n) is 12.9. The van der Waals surface area contributed by atoms with Crippen molar-refractivity contribution in [1.82, 2.24) is 24.2 Å². The second-order valence-electron chi connectivity index (χ2n) is 9.50. The number of hydrogen-bond donors (Lipinski definition) is 1. The Morgan fingerprint density at radius 2 is 1.74 bits per heavy atom. The number of aromatic nitrogens is 4. The number of sulfonamides is 1. The first-order valence-corrected chi connectivity index (χ1v) is 15.3. The number of rotatable bonds is 9. The minimum atomic E-state index is -3.27. The Morgan fingerprint density at radius 1 is 1.00 bits per heavy atom. The topological polar surface area (TPSA) is 93.0 Å². The molecule has 1 aliphatic heterocycles. The van der Waals surface area contributed by atoms with Gasteiger partial charge in [-0.15, -0.1) is 0 Å². The molecule has 0 saturated carbocycles. The molecule has 1 saturated heterocycles. The highest BCUT2D eigenvalue weighted by Gasteiger charge is 2.27. The highest BCUT2D eigenvalue weighted by molar-refractivity contribution is 7.89. The maximum atomic E-state index is 12.5. The van der Waals surface area contributed by atoms with Gasteiger partial charge in [0.25, 0.3) is 0 Å². The lowest BCUT2D eigenvalue weighted by Gasteiger charge is -2.33. The Labute approximate surface area is 233 Å². The van der Waals surface area contributed by atoms with E-state index in [0.29, 0.717) is 59.4 Å². The molecule has 0 aliphatic carbocycles. The van der Waals surface area contributed by atoms with E-state index in [9.17, 15) is 8.42 Å². The van der Waals surface area contributed by atoms with E-state index in [1.807, 2.05) is 53.1 Å². The SMILES string of the molecule is CCCCCS(=O)(=O)NC1CCN(c2ncnc3c2nc(-c2ccccc2Cl)n3-c2ccc(Cl)cc2)CC1. The molecule has 5 rings (SSSR count). The van der Waals surface area contributed by atoms with Gasteiger partial charge in [-0.1, -0.05) is 55.1 Å². The Balaban J connectivity index is 1.46. The number of piperidine rings is 1. The molecule has 38 heavy (non-hydrogen) atoms. The van der Waals surface area contributed by atoms with Crippen LogP contribution in [0.4, 0.5) is 5.82 Å². The molecule has 11 heteroatoms. The first-order chi connectivity index (χ1) is 18.4. The maximum absolute atomic E-state index is 12.5. The van der Waals surface area contributed by atoms with Crippen LogP contribution in [0.2, 0.25) is 10.0 Å². The molecule has 200 valence electrons. The normalized spacial score (nSPS) is 14.9. The van der Waals surface area contributed by atoms with Gasteiger partial charge in [0, 0.05) is 35.4 Å². The van der Waals surface area contributed by atoms with Crippen molar-refractivity contribution in [2.24, 2.45) is 0 Å². The van der Waals surface area contributed by atoms with Crippen molar-refractivity contribution in [3.8, 4) is 17.1 Å². The summed E-state index contributed by atoms with van der Waals surface area (Å²) < 4.78 is 29.8. The number of nitrogens with zero attached hydrogens (tertiary/aromatic N) is 5. The molecule has 1 fully saturated rings. The van der Waals surface area contributed by atoms with Crippen molar-refractivity contribution >= 4 is 50.2 Å². The van der Waals surface area contributed by atoms with E-state index in [4.69, 9.17) is 28.2 Å². The van der Waals surface area contributed by atoms with Crippen LogP contribution in [0.15, 0.2) is 54.9 Å². The molecule has 0 atom stereocenters. The summed E-state index contributed by atoms with van der Waals surface area (Å²) in [7, 11) is -3.27. The Kier molecular flexibility index (Phi) is 8.18. The lowest BCUT2D eigenvalue weighted by molar-refractivity contribution is 0.458. The number of fused-ring (bicyclic) bond motifs is 1. The molecular weight excluding hydrogens is 543 g/mol. The van der Waals surface area contributed by atoms with Gasteiger partial charge in [-0.3, -0.25) is 4.57 Å². The van der Waals surface area contributed by atoms with Crippen molar-refractivity contribution < 1.29 is 8.42 Å². The van der Waals surface area contributed by atoms with Crippen LogP contribution in [0.25, 0.3) is 28.2 Å². The van der Waals surface area contributed by atoms with Gasteiger partial charge in [0.15, 0.2) is 17.0 Å². The van der Waals surface area contributed by atoms with Gasteiger partial charge in [0.05, 0.1) is 10.8 Å². The van der Waals surface area contributed by atoms with Crippen LogP contribution in [0.1, 0.15) is 39.0 Å². The molecule has 0 radical (unpaired) electrons. The lowest BCUT2D eigenvalue weighted by Crippen LogP contribution is -2.45. The number of imidazole rings is 1. The minimum Gasteiger partial charge on any atom is -0.355 e. The third-order valence-corrected chi connectivity index (χ3v) is 8.88. The zero-order valence-electron chi connectivity index (χ0n) is 21.1. The van der Waals surface area contributed by atoms with Gasteiger partial charge >= 0.3 is 0 Å². The predicted molar refractivity (Wildman–Crippen MR) is 154 cm³/mol. The summed E-state index contributed by atoms with van der Waals surface area (Å²) in [6.45, 7) is 3.38. The average molecular weight is 574 g/mol. The first kappa shape index (κ1) is 26.9. The summed E-state index contributed by atoms with van der Waals surface area (Å²) in [6, 6.07) is 15.0. The molecule has 2 aromatic carbocycles. The van der Waals surface area contributed by atoms with E-state index in [0.717, 1.165) is 29.9 Å². The summed E-state index contributed by atoms with van der Waals surface area (Å²) >= 11 is 12.8. The molecule has 3 heterocycles. The van der Waals surface area contributed by atoms with E-state index in [-0.39, 0.29) is 11.8 Å². The van der Waals surface area contributed by atoms with Crippen molar-refractivity contribution in [3.05, 3.63) is 64.9 Å². The minimum absolute atomic E-state index is 0.0829. The lowest BCUT2D eigenvalue weighted by atomic mass is 10.1. The number of halogens is 2. The second kappa shape index (κ2) is 11.6. The second-order valence-corrected chi connectivity index (χ2v) is 12.2. The van der Waals surface area contributed by atoms with Crippen LogP contribution in [0.3, 0.4) is 0 Å². The van der Waals surface area contributed by atoms with Gasteiger partial charge < -0.3 is 4.90 Å². The van der Waals surface area contributed by atoms with Crippen LogP contribution in [0, 0.1) is 0 Å². The zero-order chi connectivity index (χ0) is 26.7. The number of benzene rings is 2. The summed E-state index contributed by atoms with van der Waals surface area (Å²) in [6.07, 6.45) is 5.52. The molecule has 0 amide bonds. The average Bonchev–Trinajstić information content (AvgIpc) is 3.29. The molecule has 1 aliphatic rings. The van der Waals surface area contributed by atoms with Crippen LogP contribution in [0.5, 0.6) is 0 Å². The van der Waals surface area contributed by atoms with Gasteiger partial charge in [0.1, 0.15) is 12.2 Å². The highest BCUT2D eigenvalue weighted by atomic mass is 35.5. The third-order valence-electron chi connectivity index (χ3n) is 6.78. The summed E-state index contributed by atoms with van der Waals surface area (Å²) in [4.78, 5) is 16.4. The molecular formula is C27H30Cl2N6O2S. The van der Waals surface area contributed by atoms with Crippen molar-refractivity contribution in [1.29, 1.82) is 0 Å². The molecule has 0 unspecified atom stereocenters. The maximum Gasteiger partial charge on any atom is 0.211 e. The molecule has 1 N–H and O–H groups in total. The standard InChI is InChI=1S/C27H30Cl2N6O2S/c1-2-3-6-17-38(36,37)33-20-13-15-34(16-14-20)26-24-27(31-18-30-26)35(21-11-9-19(28)10-12-21)25(32-24)22-7-4-5-8-23(22)29/h4-5,7-12,18,20,33H,2-3,6,13-17H2,1H3. The van der Waals surface area contributed by atoms with E-state index < -0.39 is 10.0 Å². The fourth-order valence-electron chi connectivity index (χ4n) is 4.83. The summed E-state index contributed by atoms with van der Waals surface area (Å²) in [5.74, 6) is 1.56. The van der Waals surface area contributed by atoms with Gasteiger partial charge in [-0.2, -0.15) is 0 Å². The number of nitrogens with one attached hydrogen (secondary N) is 1. The smallest absolute Gasteiger partial charge is 0.211 e.